The maximum absolute atomic E-state index is 12.7. The van der Waals surface area contributed by atoms with Crippen LogP contribution in [0.5, 0.6) is 0 Å². The lowest BCUT2D eigenvalue weighted by Crippen LogP contribution is -2.41. The Labute approximate surface area is 166 Å². The molecule has 2 N–H and O–H groups in total. The Morgan fingerprint density at radius 1 is 1.11 bits per heavy atom. The van der Waals surface area contributed by atoms with E-state index in [4.69, 9.17) is 4.52 Å². The highest BCUT2D eigenvalue weighted by atomic mass is 16.5. The van der Waals surface area contributed by atoms with Gasteiger partial charge in [-0.05, 0) is 42.9 Å². The number of benzene rings is 1. The lowest BCUT2D eigenvalue weighted by Gasteiger charge is -2.23. The number of amides is 3. The zero-order valence-corrected chi connectivity index (χ0v) is 17.3. The zero-order chi connectivity index (χ0) is 20.7. The number of aryl methyl sites for hydroxylation is 1. The Morgan fingerprint density at radius 3 is 2.32 bits per heavy atom. The van der Waals surface area contributed by atoms with E-state index >= 15 is 0 Å². The second-order valence-electron chi connectivity index (χ2n) is 7.68. The average molecular weight is 386 g/mol. The summed E-state index contributed by atoms with van der Waals surface area (Å²) in [5.74, 6) is 1.48. The summed E-state index contributed by atoms with van der Waals surface area (Å²) in [6.07, 6.45) is 0.802. The Morgan fingerprint density at radius 2 is 1.79 bits per heavy atom. The van der Waals surface area contributed by atoms with Gasteiger partial charge in [-0.3, -0.25) is 4.79 Å². The highest BCUT2D eigenvalue weighted by molar-refractivity contribution is 5.96. The number of carbonyl (C=O) groups excluding carboxylic acids is 2. The van der Waals surface area contributed by atoms with Gasteiger partial charge in [-0.25, -0.2) is 4.79 Å². The van der Waals surface area contributed by atoms with Gasteiger partial charge in [0.05, 0.1) is 0 Å². The summed E-state index contributed by atoms with van der Waals surface area (Å²) in [6, 6.07) is 9.09. The minimum absolute atomic E-state index is 0.0610. The molecule has 0 saturated carbocycles. The fraction of sp³-hybridized carbons (Fsp3) is 0.476. The summed E-state index contributed by atoms with van der Waals surface area (Å²) in [4.78, 5) is 26.6. The van der Waals surface area contributed by atoms with Crippen LogP contribution in [0.2, 0.25) is 0 Å². The van der Waals surface area contributed by atoms with Gasteiger partial charge in [0.1, 0.15) is 12.3 Å². The van der Waals surface area contributed by atoms with E-state index in [-0.39, 0.29) is 18.5 Å². The number of rotatable bonds is 8. The molecule has 0 unspecified atom stereocenters. The van der Waals surface area contributed by atoms with Gasteiger partial charge in [-0.1, -0.05) is 45.0 Å². The molecule has 0 saturated heterocycles. The van der Waals surface area contributed by atoms with Gasteiger partial charge in [0.25, 0.3) is 0 Å². The molecule has 7 heteroatoms. The maximum Gasteiger partial charge on any atom is 0.322 e. The average Bonchev–Trinajstić information content (AvgIpc) is 3.03. The van der Waals surface area contributed by atoms with E-state index < -0.39 is 0 Å². The Bertz CT molecular complexity index is 781. The maximum atomic E-state index is 12.7. The van der Waals surface area contributed by atoms with Gasteiger partial charge in [0.2, 0.25) is 5.91 Å². The summed E-state index contributed by atoms with van der Waals surface area (Å²) < 4.78 is 4.94. The number of carbonyl (C=O) groups is 2. The summed E-state index contributed by atoms with van der Waals surface area (Å²) in [6.45, 7) is 10.6. The van der Waals surface area contributed by atoms with Gasteiger partial charge in [0, 0.05) is 18.3 Å². The Balaban J connectivity index is 2.01. The van der Waals surface area contributed by atoms with E-state index in [1.165, 1.54) is 10.5 Å². The molecule has 1 aromatic heterocycles. The number of nitrogens with one attached hydrogen (secondary N) is 2. The van der Waals surface area contributed by atoms with E-state index in [1.807, 2.05) is 24.3 Å². The highest BCUT2D eigenvalue weighted by Gasteiger charge is 2.18. The van der Waals surface area contributed by atoms with Gasteiger partial charge in [-0.2, -0.15) is 0 Å². The van der Waals surface area contributed by atoms with Crippen molar-refractivity contribution in [3.05, 3.63) is 41.7 Å². The molecule has 3 amide bonds. The monoisotopic (exact) mass is 386 g/mol. The second kappa shape index (κ2) is 9.92. The van der Waals surface area contributed by atoms with Crippen molar-refractivity contribution >= 4 is 23.4 Å². The van der Waals surface area contributed by atoms with Crippen LogP contribution in [0.3, 0.4) is 0 Å². The molecule has 0 spiro atoms. The van der Waals surface area contributed by atoms with Crippen molar-refractivity contribution in [3.8, 4) is 0 Å². The van der Waals surface area contributed by atoms with E-state index in [1.54, 1.807) is 13.0 Å². The fourth-order valence-electron chi connectivity index (χ4n) is 2.60. The Kier molecular flexibility index (Phi) is 7.61. The number of aromatic nitrogens is 1. The number of nitrogens with zero attached hydrogens (tertiary/aromatic N) is 2. The highest BCUT2D eigenvalue weighted by Crippen LogP contribution is 2.17. The second-order valence-corrected chi connectivity index (χ2v) is 7.68. The van der Waals surface area contributed by atoms with E-state index in [9.17, 15) is 9.59 Å². The molecule has 0 aliphatic heterocycles. The zero-order valence-electron chi connectivity index (χ0n) is 17.3. The quantitative estimate of drug-likeness (QED) is 0.693. The van der Waals surface area contributed by atoms with Crippen LogP contribution in [0.15, 0.2) is 34.9 Å². The largest absolute Gasteiger partial charge is 0.360 e. The van der Waals surface area contributed by atoms with Crippen molar-refractivity contribution in [2.45, 2.75) is 47.0 Å². The number of anilines is 2. The molecule has 0 fully saturated rings. The van der Waals surface area contributed by atoms with Crippen molar-refractivity contribution in [1.29, 1.82) is 0 Å². The van der Waals surface area contributed by atoms with Crippen molar-refractivity contribution in [2.24, 2.45) is 5.92 Å². The predicted molar refractivity (Wildman–Crippen MR) is 110 cm³/mol. The number of hydrogen-bond acceptors (Lipinski definition) is 4. The molecule has 2 aromatic rings. The first-order chi connectivity index (χ1) is 13.2. The molecule has 152 valence electrons. The molecule has 0 radical (unpaired) electrons. The first-order valence-electron chi connectivity index (χ1n) is 9.63. The van der Waals surface area contributed by atoms with Crippen molar-refractivity contribution in [3.63, 3.8) is 0 Å². The summed E-state index contributed by atoms with van der Waals surface area (Å²) in [5.41, 5.74) is 1.91. The van der Waals surface area contributed by atoms with Crippen molar-refractivity contribution in [1.82, 2.24) is 10.1 Å². The first-order valence-corrected chi connectivity index (χ1v) is 9.63. The van der Waals surface area contributed by atoms with Crippen molar-refractivity contribution < 1.29 is 14.1 Å². The molecule has 28 heavy (non-hydrogen) atoms. The van der Waals surface area contributed by atoms with Crippen LogP contribution in [-0.4, -0.2) is 35.1 Å². The molecular weight excluding hydrogens is 356 g/mol. The minimum atomic E-state index is -0.317. The molecule has 1 aromatic carbocycles. The molecule has 2 rings (SSSR count). The van der Waals surface area contributed by atoms with Crippen LogP contribution >= 0.6 is 0 Å². The van der Waals surface area contributed by atoms with Gasteiger partial charge < -0.3 is 20.1 Å². The smallest absolute Gasteiger partial charge is 0.322 e. The van der Waals surface area contributed by atoms with Crippen LogP contribution in [0.1, 0.15) is 51.4 Å². The molecule has 7 nitrogen and oxygen atoms in total. The third-order valence-electron chi connectivity index (χ3n) is 4.32. The van der Waals surface area contributed by atoms with Crippen LogP contribution in [-0.2, 0) is 4.79 Å². The molecule has 0 bridgehead atoms. The number of hydrogen-bond donors (Lipinski definition) is 2. The van der Waals surface area contributed by atoms with Gasteiger partial charge in [-0.15, -0.1) is 0 Å². The van der Waals surface area contributed by atoms with E-state index in [0.717, 1.165) is 6.42 Å². The van der Waals surface area contributed by atoms with Crippen LogP contribution < -0.4 is 10.6 Å². The summed E-state index contributed by atoms with van der Waals surface area (Å²) in [5, 5.41) is 9.28. The van der Waals surface area contributed by atoms with Crippen LogP contribution in [0.25, 0.3) is 0 Å². The number of urea groups is 1. The molecule has 0 atom stereocenters. The Hall–Kier alpha value is -2.83. The van der Waals surface area contributed by atoms with Crippen LogP contribution in [0.4, 0.5) is 16.3 Å². The third-order valence-corrected chi connectivity index (χ3v) is 4.32. The molecule has 1 heterocycles. The SMILES string of the molecule is Cc1cc(NC(=O)CN(CCC(C)C)C(=O)Nc2ccc(C(C)C)cc2)no1. The van der Waals surface area contributed by atoms with Crippen LogP contribution in [0, 0.1) is 12.8 Å². The topological polar surface area (TPSA) is 87.5 Å². The third kappa shape index (κ3) is 6.72. The lowest BCUT2D eigenvalue weighted by molar-refractivity contribution is -0.116. The first kappa shape index (κ1) is 21.5. The normalized spacial score (nSPS) is 11.0. The summed E-state index contributed by atoms with van der Waals surface area (Å²) in [7, 11) is 0. The van der Waals surface area contributed by atoms with Gasteiger partial charge in [0.15, 0.2) is 5.82 Å². The minimum Gasteiger partial charge on any atom is -0.360 e. The predicted octanol–water partition coefficient (Wildman–Crippen LogP) is 4.63. The molecule has 0 aliphatic rings. The van der Waals surface area contributed by atoms with E-state index in [0.29, 0.717) is 35.6 Å². The van der Waals surface area contributed by atoms with E-state index in [2.05, 4.69) is 43.5 Å². The van der Waals surface area contributed by atoms with Gasteiger partial charge >= 0.3 is 6.03 Å². The molecular formula is C21H30N4O3. The fourth-order valence-corrected chi connectivity index (χ4v) is 2.60. The molecule has 0 aliphatic carbocycles. The lowest BCUT2D eigenvalue weighted by atomic mass is 10.0. The van der Waals surface area contributed by atoms with Crippen molar-refractivity contribution in [2.75, 3.05) is 23.7 Å². The summed E-state index contributed by atoms with van der Waals surface area (Å²) >= 11 is 0. The standard InChI is InChI=1S/C21H30N4O3/c1-14(2)10-11-25(13-20(26)23-19-12-16(5)28-24-19)21(27)22-18-8-6-17(7-9-18)15(3)4/h6-9,12,14-15H,10-11,13H2,1-5H3,(H,22,27)(H,23,24,26).